The Kier molecular flexibility index (Phi) is 4.85. The molecule has 3 nitrogen and oxygen atoms in total. The number of aryl methyl sites for hydroxylation is 3. The SMILES string of the molecule is CCc1cccc(C(NC)c2cc(C)nnc2CC)c1. The van der Waals surface area contributed by atoms with Crippen LogP contribution in [0.15, 0.2) is 30.3 Å². The Labute approximate surface area is 121 Å². The number of hydrogen-bond donors (Lipinski definition) is 1. The van der Waals surface area contributed by atoms with Crippen molar-refractivity contribution in [2.45, 2.75) is 39.7 Å². The first-order chi connectivity index (χ1) is 9.69. The normalized spacial score (nSPS) is 12.4. The Balaban J connectivity index is 2.48. The van der Waals surface area contributed by atoms with Crippen LogP contribution in [0.4, 0.5) is 0 Å². The smallest absolute Gasteiger partial charge is 0.0679 e. The summed E-state index contributed by atoms with van der Waals surface area (Å²) >= 11 is 0. The largest absolute Gasteiger partial charge is 0.309 e. The lowest BCUT2D eigenvalue weighted by molar-refractivity contribution is 0.668. The standard InChI is InChI=1S/C17H23N3/c1-5-13-8-7-9-14(11-13)17(18-4)15-10-12(3)19-20-16(15)6-2/h7-11,17-18H,5-6H2,1-4H3. The van der Waals surface area contributed by atoms with E-state index in [-0.39, 0.29) is 6.04 Å². The zero-order chi connectivity index (χ0) is 14.5. The number of aromatic nitrogens is 2. The molecule has 3 heteroatoms. The lowest BCUT2D eigenvalue weighted by Crippen LogP contribution is -2.20. The summed E-state index contributed by atoms with van der Waals surface area (Å²) in [5.41, 5.74) is 5.91. The molecule has 0 aliphatic heterocycles. The van der Waals surface area contributed by atoms with Gasteiger partial charge in [0.2, 0.25) is 0 Å². The van der Waals surface area contributed by atoms with Crippen molar-refractivity contribution >= 4 is 0 Å². The molecule has 0 aliphatic carbocycles. The highest BCUT2D eigenvalue weighted by Crippen LogP contribution is 2.25. The van der Waals surface area contributed by atoms with E-state index >= 15 is 0 Å². The van der Waals surface area contributed by atoms with E-state index in [9.17, 15) is 0 Å². The van der Waals surface area contributed by atoms with Crippen molar-refractivity contribution in [2.75, 3.05) is 7.05 Å². The maximum atomic E-state index is 4.34. The maximum Gasteiger partial charge on any atom is 0.0679 e. The van der Waals surface area contributed by atoms with Gasteiger partial charge in [0.25, 0.3) is 0 Å². The first-order valence-corrected chi connectivity index (χ1v) is 7.28. The maximum absolute atomic E-state index is 4.34. The van der Waals surface area contributed by atoms with Crippen LogP contribution in [0.2, 0.25) is 0 Å². The molecule has 0 saturated carbocycles. The summed E-state index contributed by atoms with van der Waals surface area (Å²) < 4.78 is 0. The van der Waals surface area contributed by atoms with E-state index in [2.05, 4.69) is 59.7 Å². The fraction of sp³-hybridized carbons (Fsp3) is 0.412. The molecule has 106 valence electrons. The molecule has 1 aromatic carbocycles. The third-order valence-corrected chi connectivity index (χ3v) is 3.65. The van der Waals surface area contributed by atoms with Crippen LogP contribution in [0.1, 0.15) is 48.0 Å². The Morgan fingerprint density at radius 2 is 1.90 bits per heavy atom. The average Bonchev–Trinajstić information content (AvgIpc) is 2.48. The van der Waals surface area contributed by atoms with Gasteiger partial charge in [-0.05, 0) is 49.6 Å². The second-order valence-corrected chi connectivity index (χ2v) is 5.06. The van der Waals surface area contributed by atoms with Crippen molar-refractivity contribution in [3.8, 4) is 0 Å². The van der Waals surface area contributed by atoms with Gasteiger partial charge in [-0.1, -0.05) is 38.1 Å². The van der Waals surface area contributed by atoms with Crippen LogP contribution in [-0.2, 0) is 12.8 Å². The van der Waals surface area contributed by atoms with Gasteiger partial charge in [0.1, 0.15) is 0 Å². The second kappa shape index (κ2) is 6.62. The van der Waals surface area contributed by atoms with E-state index in [4.69, 9.17) is 0 Å². The van der Waals surface area contributed by atoms with Crippen molar-refractivity contribution in [1.29, 1.82) is 0 Å². The molecule has 0 saturated heterocycles. The summed E-state index contributed by atoms with van der Waals surface area (Å²) in [7, 11) is 2.00. The van der Waals surface area contributed by atoms with Crippen LogP contribution in [0.3, 0.4) is 0 Å². The molecule has 2 rings (SSSR count). The third-order valence-electron chi connectivity index (χ3n) is 3.65. The molecule has 1 heterocycles. The van der Waals surface area contributed by atoms with E-state index in [0.29, 0.717) is 0 Å². The Bertz CT molecular complexity index is 578. The molecule has 0 amide bonds. The fourth-order valence-electron chi connectivity index (χ4n) is 2.55. The van der Waals surface area contributed by atoms with Gasteiger partial charge in [-0.25, -0.2) is 0 Å². The minimum absolute atomic E-state index is 0.172. The van der Waals surface area contributed by atoms with Crippen molar-refractivity contribution in [2.24, 2.45) is 0 Å². The van der Waals surface area contributed by atoms with Crippen LogP contribution in [-0.4, -0.2) is 17.2 Å². The van der Waals surface area contributed by atoms with E-state index in [1.165, 1.54) is 16.7 Å². The molecule has 1 atom stereocenters. The molecule has 0 fully saturated rings. The molecule has 20 heavy (non-hydrogen) atoms. The van der Waals surface area contributed by atoms with Crippen molar-refractivity contribution in [3.63, 3.8) is 0 Å². The summed E-state index contributed by atoms with van der Waals surface area (Å²) in [6.07, 6.45) is 1.95. The van der Waals surface area contributed by atoms with Crippen LogP contribution < -0.4 is 5.32 Å². The van der Waals surface area contributed by atoms with E-state index in [1.807, 2.05) is 14.0 Å². The van der Waals surface area contributed by atoms with Gasteiger partial charge in [0, 0.05) is 0 Å². The Hall–Kier alpha value is -1.74. The van der Waals surface area contributed by atoms with Crippen LogP contribution >= 0.6 is 0 Å². The molecular weight excluding hydrogens is 246 g/mol. The molecule has 0 bridgehead atoms. The highest BCUT2D eigenvalue weighted by molar-refractivity contribution is 5.36. The fourth-order valence-corrected chi connectivity index (χ4v) is 2.55. The predicted octanol–water partition coefficient (Wildman–Crippen LogP) is 3.22. The van der Waals surface area contributed by atoms with Crippen molar-refractivity contribution < 1.29 is 0 Å². The topological polar surface area (TPSA) is 37.8 Å². The summed E-state index contributed by atoms with van der Waals surface area (Å²) in [6.45, 7) is 6.30. The zero-order valence-corrected chi connectivity index (χ0v) is 12.8. The minimum atomic E-state index is 0.172. The molecule has 0 spiro atoms. The van der Waals surface area contributed by atoms with Gasteiger partial charge in [0.15, 0.2) is 0 Å². The summed E-state index contributed by atoms with van der Waals surface area (Å²) in [5.74, 6) is 0. The number of rotatable bonds is 5. The van der Waals surface area contributed by atoms with Crippen LogP contribution in [0.25, 0.3) is 0 Å². The van der Waals surface area contributed by atoms with E-state index in [0.717, 1.165) is 24.2 Å². The number of nitrogens with zero attached hydrogens (tertiary/aromatic N) is 2. The second-order valence-electron chi connectivity index (χ2n) is 5.06. The van der Waals surface area contributed by atoms with Crippen LogP contribution in [0.5, 0.6) is 0 Å². The predicted molar refractivity (Wildman–Crippen MR) is 82.9 cm³/mol. The number of nitrogens with one attached hydrogen (secondary N) is 1. The lowest BCUT2D eigenvalue weighted by atomic mass is 9.95. The van der Waals surface area contributed by atoms with Crippen molar-refractivity contribution in [3.05, 3.63) is 58.4 Å². The molecular formula is C17H23N3. The molecule has 0 aliphatic rings. The van der Waals surface area contributed by atoms with Gasteiger partial charge in [-0.3, -0.25) is 0 Å². The van der Waals surface area contributed by atoms with Crippen LogP contribution in [0, 0.1) is 6.92 Å². The molecule has 0 radical (unpaired) electrons. The third kappa shape index (κ3) is 3.05. The molecule has 1 aromatic heterocycles. The zero-order valence-electron chi connectivity index (χ0n) is 12.8. The van der Waals surface area contributed by atoms with Gasteiger partial charge in [0.05, 0.1) is 17.4 Å². The summed E-state index contributed by atoms with van der Waals surface area (Å²) in [4.78, 5) is 0. The van der Waals surface area contributed by atoms with E-state index < -0.39 is 0 Å². The minimum Gasteiger partial charge on any atom is -0.309 e. The summed E-state index contributed by atoms with van der Waals surface area (Å²) in [6, 6.07) is 11.1. The Morgan fingerprint density at radius 3 is 2.55 bits per heavy atom. The first kappa shape index (κ1) is 14.7. The van der Waals surface area contributed by atoms with Gasteiger partial charge >= 0.3 is 0 Å². The highest BCUT2D eigenvalue weighted by Gasteiger charge is 2.17. The average molecular weight is 269 g/mol. The summed E-state index contributed by atoms with van der Waals surface area (Å²) in [5, 5.41) is 11.9. The molecule has 1 unspecified atom stereocenters. The number of benzene rings is 1. The monoisotopic (exact) mass is 269 g/mol. The lowest BCUT2D eigenvalue weighted by Gasteiger charge is -2.20. The number of hydrogen-bond acceptors (Lipinski definition) is 3. The first-order valence-electron chi connectivity index (χ1n) is 7.28. The van der Waals surface area contributed by atoms with Gasteiger partial charge in [-0.2, -0.15) is 10.2 Å². The Morgan fingerprint density at radius 1 is 1.10 bits per heavy atom. The molecule has 2 aromatic rings. The molecule has 1 N–H and O–H groups in total. The van der Waals surface area contributed by atoms with Gasteiger partial charge in [-0.15, -0.1) is 0 Å². The highest BCUT2D eigenvalue weighted by atomic mass is 15.1. The van der Waals surface area contributed by atoms with E-state index in [1.54, 1.807) is 0 Å². The quantitative estimate of drug-likeness (QED) is 0.905. The van der Waals surface area contributed by atoms with Gasteiger partial charge < -0.3 is 5.32 Å². The van der Waals surface area contributed by atoms with Crippen molar-refractivity contribution in [1.82, 2.24) is 15.5 Å².